The fourth-order valence-electron chi connectivity index (χ4n) is 4.33. The van der Waals surface area contributed by atoms with E-state index in [-0.39, 0.29) is 18.2 Å². The van der Waals surface area contributed by atoms with Crippen molar-refractivity contribution in [2.45, 2.75) is 51.8 Å². The van der Waals surface area contributed by atoms with Crippen molar-refractivity contribution in [3.05, 3.63) is 84.2 Å². The summed E-state index contributed by atoms with van der Waals surface area (Å²) in [4.78, 5) is 26.1. The number of ether oxygens (including phenoxy) is 1. The number of amides is 1. The standard InChI is InChI=1S/C28H35N5O2/c1-5-23-20-32(16-17-33(23)27(34)35-28(2,3)4)25-19-29-24(18-30-25)31-26(21-12-8-6-9-13-21)22-14-10-7-11-15-22/h6-15,18-19,23,26H,5,16-17,20H2,1-4H3,(H,29,31)/t23-/m0/s1. The summed E-state index contributed by atoms with van der Waals surface area (Å²) < 4.78 is 5.61. The molecule has 35 heavy (non-hydrogen) atoms. The molecule has 4 rings (SSSR count). The fraction of sp³-hybridized carbons (Fsp3) is 0.393. The van der Waals surface area contributed by atoms with Crippen molar-refractivity contribution in [1.82, 2.24) is 14.9 Å². The summed E-state index contributed by atoms with van der Waals surface area (Å²) in [6.07, 6.45) is 4.20. The number of piperazine rings is 1. The number of nitrogens with one attached hydrogen (secondary N) is 1. The van der Waals surface area contributed by atoms with Gasteiger partial charge in [-0.2, -0.15) is 0 Å². The van der Waals surface area contributed by atoms with Gasteiger partial charge in [0.15, 0.2) is 0 Å². The maximum Gasteiger partial charge on any atom is 0.410 e. The second kappa shape index (κ2) is 10.8. The van der Waals surface area contributed by atoms with Gasteiger partial charge in [0.25, 0.3) is 0 Å². The lowest BCUT2D eigenvalue weighted by Gasteiger charge is -2.41. The summed E-state index contributed by atoms with van der Waals surface area (Å²) in [7, 11) is 0. The van der Waals surface area contributed by atoms with E-state index in [1.54, 1.807) is 6.20 Å². The van der Waals surface area contributed by atoms with Crippen molar-refractivity contribution >= 4 is 17.7 Å². The Labute approximate surface area is 208 Å². The highest BCUT2D eigenvalue weighted by molar-refractivity contribution is 5.69. The third-order valence-corrected chi connectivity index (χ3v) is 6.10. The molecule has 3 aromatic rings. The first-order valence-electron chi connectivity index (χ1n) is 12.3. The molecule has 1 aliphatic heterocycles. The van der Waals surface area contributed by atoms with Gasteiger partial charge in [-0.25, -0.2) is 14.8 Å². The van der Waals surface area contributed by atoms with Crippen LogP contribution in [0.4, 0.5) is 16.4 Å². The van der Waals surface area contributed by atoms with Crippen LogP contribution in [0.3, 0.4) is 0 Å². The first-order valence-corrected chi connectivity index (χ1v) is 12.3. The van der Waals surface area contributed by atoms with Crippen molar-refractivity contribution in [2.75, 3.05) is 29.9 Å². The van der Waals surface area contributed by atoms with Gasteiger partial charge in [-0.1, -0.05) is 67.6 Å². The highest BCUT2D eigenvalue weighted by atomic mass is 16.6. The van der Waals surface area contributed by atoms with Gasteiger partial charge in [0.1, 0.15) is 17.2 Å². The Morgan fingerprint density at radius 2 is 1.63 bits per heavy atom. The average Bonchev–Trinajstić information content (AvgIpc) is 2.87. The van der Waals surface area contributed by atoms with Gasteiger partial charge in [0, 0.05) is 19.6 Å². The summed E-state index contributed by atoms with van der Waals surface area (Å²) in [6.45, 7) is 9.77. The van der Waals surface area contributed by atoms with E-state index in [0.717, 1.165) is 23.4 Å². The van der Waals surface area contributed by atoms with Gasteiger partial charge in [-0.05, 0) is 38.3 Å². The quantitative estimate of drug-likeness (QED) is 0.509. The summed E-state index contributed by atoms with van der Waals surface area (Å²) in [6, 6.07) is 20.7. The molecule has 2 heterocycles. The summed E-state index contributed by atoms with van der Waals surface area (Å²) in [5, 5.41) is 3.54. The van der Waals surface area contributed by atoms with Crippen LogP contribution in [0, 0.1) is 0 Å². The number of aromatic nitrogens is 2. The minimum atomic E-state index is -0.502. The van der Waals surface area contributed by atoms with Crippen LogP contribution in [0.2, 0.25) is 0 Å². The molecule has 1 N–H and O–H groups in total. The molecule has 184 valence electrons. The van der Waals surface area contributed by atoms with Gasteiger partial charge in [0.05, 0.1) is 24.5 Å². The smallest absolute Gasteiger partial charge is 0.410 e. The average molecular weight is 474 g/mol. The van der Waals surface area contributed by atoms with Crippen LogP contribution in [-0.4, -0.2) is 52.2 Å². The van der Waals surface area contributed by atoms with E-state index >= 15 is 0 Å². The zero-order valence-electron chi connectivity index (χ0n) is 21.0. The predicted octanol–water partition coefficient (Wildman–Crippen LogP) is 5.51. The Balaban J connectivity index is 1.45. The van der Waals surface area contributed by atoms with E-state index in [1.807, 2.05) is 68.3 Å². The maximum absolute atomic E-state index is 12.7. The third-order valence-electron chi connectivity index (χ3n) is 6.10. The fourth-order valence-corrected chi connectivity index (χ4v) is 4.33. The Hall–Kier alpha value is -3.61. The lowest BCUT2D eigenvalue weighted by Crippen LogP contribution is -2.56. The van der Waals surface area contributed by atoms with Crippen LogP contribution in [0.1, 0.15) is 51.3 Å². The lowest BCUT2D eigenvalue weighted by molar-refractivity contribution is 0.0136. The predicted molar refractivity (Wildman–Crippen MR) is 140 cm³/mol. The maximum atomic E-state index is 12.7. The summed E-state index contributed by atoms with van der Waals surface area (Å²) in [5.74, 6) is 1.53. The molecule has 0 aliphatic carbocycles. The van der Waals surface area contributed by atoms with Crippen LogP contribution in [-0.2, 0) is 4.74 Å². The molecule has 0 spiro atoms. The van der Waals surface area contributed by atoms with Crippen LogP contribution < -0.4 is 10.2 Å². The van der Waals surface area contributed by atoms with Crippen molar-refractivity contribution in [2.24, 2.45) is 0 Å². The number of nitrogens with zero attached hydrogens (tertiary/aromatic N) is 4. The molecule has 0 radical (unpaired) electrons. The van der Waals surface area contributed by atoms with E-state index in [2.05, 4.69) is 46.4 Å². The number of benzene rings is 2. The SMILES string of the molecule is CC[C@H]1CN(c2cnc(NC(c3ccccc3)c3ccccc3)cn2)CCN1C(=O)OC(C)(C)C. The zero-order valence-corrected chi connectivity index (χ0v) is 21.0. The molecule has 0 unspecified atom stereocenters. The molecular weight excluding hydrogens is 438 g/mol. The third kappa shape index (κ3) is 6.29. The molecule has 2 aromatic carbocycles. The van der Waals surface area contributed by atoms with Gasteiger partial charge in [-0.15, -0.1) is 0 Å². The van der Waals surface area contributed by atoms with Gasteiger partial charge >= 0.3 is 6.09 Å². The molecule has 7 heteroatoms. The number of carbonyl (C=O) groups excluding carboxylic acids is 1. The number of hydrogen-bond donors (Lipinski definition) is 1. The molecule has 1 fully saturated rings. The van der Waals surface area contributed by atoms with Crippen LogP contribution >= 0.6 is 0 Å². The van der Waals surface area contributed by atoms with E-state index in [9.17, 15) is 4.79 Å². The number of rotatable bonds is 6. The normalized spacial score (nSPS) is 16.3. The van der Waals surface area contributed by atoms with Crippen LogP contribution in [0.15, 0.2) is 73.1 Å². The van der Waals surface area contributed by atoms with Crippen LogP contribution in [0.25, 0.3) is 0 Å². The van der Waals surface area contributed by atoms with Crippen molar-refractivity contribution in [1.29, 1.82) is 0 Å². The second-order valence-electron chi connectivity index (χ2n) is 9.84. The molecule has 1 aliphatic rings. The Morgan fingerprint density at radius 3 is 2.14 bits per heavy atom. The minimum absolute atomic E-state index is 0.0283. The first kappa shape index (κ1) is 24.5. The Morgan fingerprint density at radius 1 is 1.00 bits per heavy atom. The highest BCUT2D eigenvalue weighted by Gasteiger charge is 2.33. The molecule has 0 saturated carbocycles. The van der Waals surface area contributed by atoms with Crippen molar-refractivity contribution < 1.29 is 9.53 Å². The molecule has 1 atom stereocenters. The number of anilines is 2. The van der Waals surface area contributed by atoms with E-state index in [1.165, 1.54) is 0 Å². The van der Waals surface area contributed by atoms with Gasteiger partial charge in [-0.3, -0.25) is 0 Å². The van der Waals surface area contributed by atoms with Gasteiger partial charge in [0.2, 0.25) is 0 Å². The molecule has 1 aromatic heterocycles. The molecular formula is C28H35N5O2. The monoisotopic (exact) mass is 473 g/mol. The summed E-state index contributed by atoms with van der Waals surface area (Å²) >= 11 is 0. The minimum Gasteiger partial charge on any atom is -0.444 e. The molecule has 1 amide bonds. The van der Waals surface area contributed by atoms with Crippen molar-refractivity contribution in [3.63, 3.8) is 0 Å². The number of carbonyl (C=O) groups is 1. The zero-order chi connectivity index (χ0) is 24.8. The van der Waals surface area contributed by atoms with E-state index in [0.29, 0.717) is 25.5 Å². The Kier molecular flexibility index (Phi) is 7.54. The topological polar surface area (TPSA) is 70.6 Å². The molecule has 1 saturated heterocycles. The summed E-state index contributed by atoms with van der Waals surface area (Å²) in [5.41, 5.74) is 1.82. The second-order valence-corrected chi connectivity index (χ2v) is 9.84. The number of hydrogen-bond acceptors (Lipinski definition) is 6. The molecule has 0 bridgehead atoms. The van der Waals surface area contributed by atoms with Crippen LogP contribution in [0.5, 0.6) is 0 Å². The first-order chi connectivity index (χ1) is 16.8. The van der Waals surface area contributed by atoms with E-state index < -0.39 is 5.60 Å². The van der Waals surface area contributed by atoms with Crippen molar-refractivity contribution in [3.8, 4) is 0 Å². The highest BCUT2D eigenvalue weighted by Crippen LogP contribution is 2.27. The van der Waals surface area contributed by atoms with Gasteiger partial charge < -0.3 is 19.9 Å². The largest absolute Gasteiger partial charge is 0.444 e. The molecule has 7 nitrogen and oxygen atoms in total. The van der Waals surface area contributed by atoms with E-state index in [4.69, 9.17) is 9.72 Å². The lowest BCUT2D eigenvalue weighted by atomic mass is 9.99. The Bertz CT molecular complexity index is 1040.